The minimum Gasteiger partial charge on any atom is -0.354 e. The van der Waals surface area contributed by atoms with Crippen molar-refractivity contribution in [2.24, 2.45) is 5.92 Å². The molecule has 1 N–H and O–H groups in total. The van der Waals surface area contributed by atoms with Crippen LogP contribution >= 0.6 is 11.8 Å². The van der Waals surface area contributed by atoms with Crippen molar-refractivity contribution in [2.75, 3.05) is 18.0 Å². The first-order valence-corrected chi connectivity index (χ1v) is 11.1. The van der Waals surface area contributed by atoms with Crippen molar-refractivity contribution in [1.29, 1.82) is 0 Å². The lowest BCUT2D eigenvalue weighted by Crippen LogP contribution is -2.43. The van der Waals surface area contributed by atoms with Crippen LogP contribution in [0.2, 0.25) is 0 Å². The minimum absolute atomic E-state index is 0.0401. The highest BCUT2D eigenvalue weighted by molar-refractivity contribution is 7.99. The zero-order chi connectivity index (χ0) is 20.8. The summed E-state index contributed by atoms with van der Waals surface area (Å²) >= 11 is 1.62. The highest BCUT2D eigenvalue weighted by atomic mass is 32.2. The van der Waals surface area contributed by atoms with Crippen LogP contribution in [0, 0.1) is 12.8 Å². The van der Waals surface area contributed by atoms with Crippen molar-refractivity contribution in [3.63, 3.8) is 0 Å². The van der Waals surface area contributed by atoms with Gasteiger partial charge in [0.15, 0.2) is 5.82 Å². The Balaban J connectivity index is 1.43. The van der Waals surface area contributed by atoms with Gasteiger partial charge in [-0.15, -0.1) is 0 Å². The molecule has 0 spiro atoms. The van der Waals surface area contributed by atoms with Crippen molar-refractivity contribution in [3.8, 4) is 0 Å². The summed E-state index contributed by atoms with van der Waals surface area (Å²) in [6, 6.07) is 18.4. The first-order valence-electron chi connectivity index (χ1n) is 10.3. The monoisotopic (exact) mass is 418 g/mol. The van der Waals surface area contributed by atoms with E-state index < -0.39 is 0 Å². The Labute approximate surface area is 181 Å². The molecule has 1 fully saturated rings. The van der Waals surface area contributed by atoms with Gasteiger partial charge in [-0.05, 0) is 37.5 Å². The van der Waals surface area contributed by atoms with E-state index in [4.69, 9.17) is 0 Å². The summed E-state index contributed by atoms with van der Waals surface area (Å²) in [5, 5.41) is 3.97. The van der Waals surface area contributed by atoms with Crippen molar-refractivity contribution in [2.45, 2.75) is 36.2 Å². The van der Waals surface area contributed by atoms with Gasteiger partial charge in [0.05, 0.1) is 5.92 Å². The molecule has 0 aliphatic carbocycles. The maximum Gasteiger partial charge on any atom is 0.225 e. The third kappa shape index (κ3) is 5.19. The standard InChI is InChI=1S/C24H26N4OS/c1-18-9-11-21(12-10-18)30-24-22(25-13-14-26-24)28-15-5-8-20(17-28)23(29)27-16-19-6-3-2-4-7-19/h2-4,6-7,9-14,20H,5,8,15-17H2,1H3,(H,27,29)/t20-/m0/s1. The fourth-order valence-electron chi connectivity index (χ4n) is 3.64. The van der Waals surface area contributed by atoms with Crippen molar-refractivity contribution in [1.82, 2.24) is 15.3 Å². The molecule has 1 amide bonds. The number of nitrogens with one attached hydrogen (secondary N) is 1. The van der Waals surface area contributed by atoms with Gasteiger partial charge in [0, 0.05) is 36.9 Å². The van der Waals surface area contributed by atoms with Crippen LogP contribution in [0.15, 0.2) is 76.9 Å². The van der Waals surface area contributed by atoms with Crippen LogP contribution in [0.5, 0.6) is 0 Å². The molecule has 0 unspecified atom stereocenters. The van der Waals surface area contributed by atoms with E-state index in [1.165, 1.54) is 5.56 Å². The van der Waals surface area contributed by atoms with Gasteiger partial charge < -0.3 is 10.2 Å². The van der Waals surface area contributed by atoms with Crippen LogP contribution < -0.4 is 10.2 Å². The number of hydrogen-bond acceptors (Lipinski definition) is 5. The van der Waals surface area contributed by atoms with E-state index in [1.54, 1.807) is 24.2 Å². The molecule has 6 heteroatoms. The van der Waals surface area contributed by atoms with E-state index in [-0.39, 0.29) is 11.8 Å². The number of anilines is 1. The summed E-state index contributed by atoms with van der Waals surface area (Å²) in [4.78, 5) is 25.3. The van der Waals surface area contributed by atoms with E-state index in [2.05, 4.69) is 51.4 Å². The molecule has 1 aromatic heterocycles. The Morgan fingerprint density at radius 3 is 2.67 bits per heavy atom. The fourth-order valence-corrected chi connectivity index (χ4v) is 4.52. The first kappa shape index (κ1) is 20.4. The van der Waals surface area contributed by atoms with E-state index in [1.807, 2.05) is 30.3 Å². The van der Waals surface area contributed by atoms with Crippen LogP contribution in [0.1, 0.15) is 24.0 Å². The second-order valence-electron chi connectivity index (χ2n) is 7.59. The van der Waals surface area contributed by atoms with Crippen molar-refractivity contribution < 1.29 is 4.79 Å². The zero-order valence-electron chi connectivity index (χ0n) is 17.1. The molecule has 2 heterocycles. The molecule has 0 bridgehead atoms. The van der Waals surface area contributed by atoms with Gasteiger partial charge in [0.25, 0.3) is 0 Å². The highest BCUT2D eigenvalue weighted by Gasteiger charge is 2.28. The zero-order valence-corrected chi connectivity index (χ0v) is 17.9. The molecule has 4 rings (SSSR count). The molecule has 0 radical (unpaired) electrons. The average Bonchev–Trinajstić information content (AvgIpc) is 2.80. The van der Waals surface area contributed by atoms with Gasteiger partial charge in [-0.25, -0.2) is 9.97 Å². The van der Waals surface area contributed by atoms with Gasteiger partial charge in [0.2, 0.25) is 5.91 Å². The quantitative estimate of drug-likeness (QED) is 0.640. The van der Waals surface area contributed by atoms with Gasteiger partial charge in [-0.3, -0.25) is 4.79 Å². The molecular formula is C24H26N4OS. The lowest BCUT2D eigenvalue weighted by atomic mass is 9.97. The van der Waals surface area contributed by atoms with Crippen LogP contribution in [0.4, 0.5) is 5.82 Å². The Hall–Kier alpha value is -2.86. The Morgan fingerprint density at radius 1 is 1.10 bits per heavy atom. The van der Waals surface area contributed by atoms with Gasteiger partial charge in [-0.2, -0.15) is 0 Å². The summed E-state index contributed by atoms with van der Waals surface area (Å²) in [5.74, 6) is 0.936. The number of nitrogens with zero attached hydrogens (tertiary/aromatic N) is 3. The first-order chi connectivity index (χ1) is 14.7. The lowest BCUT2D eigenvalue weighted by molar-refractivity contribution is -0.125. The third-order valence-electron chi connectivity index (χ3n) is 5.28. The lowest BCUT2D eigenvalue weighted by Gasteiger charge is -2.33. The SMILES string of the molecule is Cc1ccc(Sc2nccnc2N2CCC[C@H](C(=O)NCc3ccccc3)C2)cc1. The largest absolute Gasteiger partial charge is 0.354 e. The molecule has 0 saturated carbocycles. The second kappa shape index (κ2) is 9.76. The maximum atomic E-state index is 12.8. The predicted octanol–water partition coefficient (Wildman–Crippen LogP) is 4.47. The number of aryl methyl sites for hydroxylation is 1. The maximum absolute atomic E-state index is 12.8. The summed E-state index contributed by atoms with van der Waals surface area (Å²) in [6.07, 6.45) is 5.33. The third-order valence-corrected chi connectivity index (χ3v) is 6.27. The summed E-state index contributed by atoms with van der Waals surface area (Å²) < 4.78 is 0. The number of piperidine rings is 1. The van der Waals surface area contributed by atoms with E-state index >= 15 is 0 Å². The van der Waals surface area contributed by atoms with Gasteiger partial charge in [-0.1, -0.05) is 59.8 Å². The molecular weight excluding hydrogens is 392 g/mol. The molecule has 5 nitrogen and oxygen atoms in total. The number of carbonyl (C=O) groups is 1. The van der Waals surface area contributed by atoms with Gasteiger partial charge in [0.1, 0.15) is 5.03 Å². The minimum atomic E-state index is -0.0401. The summed E-state index contributed by atoms with van der Waals surface area (Å²) in [5.41, 5.74) is 2.35. The van der Waals surface area contributed by atoms with E-state index in [9.17, 15) is 4.79 Å². The number of amides is 1. The van der Waals surface area contributed by atoms with Crippen LogP contribution in [-0.4, -0.2) is 29.0 Å². The molecule has 3 aromatic rings. The summed E-state index contributed by atoms with van der Waals surface area (Å²) in [6.45, 7) is 4.21. The number of rotatable bonds is 6. The Kier molecular flexibility index (Phi) is 6.64. The van der Waals surface area contributed by atoms with Crippen molar-refractivity contribution in [3.05, 3.63) is 78.1 Å². The average molecular weight is 419 g/mol. The molecule has 154 valence electrons. The summed E-state index contributed by atoms with van der Waals surface area (Å²) in [7, 11) is 0. The predicted molar refractivity (Wildman–Crippen MR) is 121 cm³/mol. The van der Waals surface area contributed by atoms with Crippen LogP contribution in [0.3, 0.4) is 0 Å². The molecule has 1 aliphatic rings. The normalized spacial score (nSPS) is 16.3. The molecule has 1 aliphatic heterocycles. The number of hydrogen-bond donors (Lipinski definition) is 1. The van der Waals surface area contributed by atoms with Crippen LogP contribution in [-0.2, 0) is 11.3 Å². The van der Waals surface area contributed by atoms with Crippen molar-refractivity contribution >= 4 is 23.5 Å². The smallest absolute Gasteiger partial charge is 0.225 e. The van der Waals surface area contributed by atoms with Gasteiger partial charge >= 0.3 is 0 Å². The molecule has 30 heavy (non-hydrogen) atoms. The van der Waals surface area contributed by atoms with E-state index in [0.717, 1.165) is 40.7 Å². The Morgan fingerprint density at radius 2 is 1.87 bits per heavy atom. The van der Waals surface area contributed by atoms with E-state index in [0.29, 0.717) is 13.1 Å². The fraction of sp³-hybridized carbons (Fsp3) is 0.292. The second-order valence-corrected chi connectivity index (χ2v) is 8.65. The molecule has 2 aromatic carbocycles. The highest BCUT2D eigenvalue weighted by Crippen LogP contribution is 2.34. The Bertz CT molecular complexity index is 978. The number of benzene rings is 2. The molecule has 1 saturated heterocycles. The topological polar surface area (TPSA) is 58.1 Å². The molecule has 1 atom stereocenters. The van der Waals surface area contributed by atoms with Crippen LogP contribution in [0.25, 0.3) is 0 Å². The number of aromatic nitrogens is 2. The number of carbonyl (C=O) groups excluding carboxylic acids is 1.